The Morgan fingerprint density at radius 3 is 1.93 bits per heavy atom. The van der Waals surface area contributed by atoms with E-state index >= 15 is 0 Å². The number of rotatable bonds is 3. The van der Waals surface area contributed by atoms with Crippen LogP contribution in [0.3, 0.4) is 0 Å². The number of fused-ring (bicyclic) bond motifs is 1. The van der Waals surface area contributed by atoms with Crippen molar-refractivity contribution in [2.45, 2.75) is 6.36 Å². The molecule has 6 heteroatoms. The van der Waals surface area contributed by atoms with Crippen LogP contribution in [0, 0.1) is 11.6 Å². The van der Waals surface area contributed by atoms with E-state index in [-0.39, 0.29) is 10.8 Å². The van der Waals surface area contributed by atoms with Crippen molar-refractivity contribution in [2.24, 2.45) is 0 Å². The summed E-state index contributed by atoms with van der Waals surface area (Å²) >= 11 is 0. The van der Waals surface area contributed by atoms with Gasteiger partial charge in [0.15, 0.2) is 11.6 Å². The van der Waals surface area contributed by atoms with Crippen LogP contribution in [0.2, 0.25) is 0 Å². The number of hydrogen-bond acceptors (Lipinski definition) is 1. The minimum Gasteiger partial charge on any atom is -0.399 e. The Hall–Kier alpha value is -3.41. The largest absolute Gasteiger partial charge is 0.573 e. The number of halogens is 5. The van der Waals surface area contributed by atoms with Crippen LogP contribution in [-0.2, 0) is 0 Å². The summed E-state index contributed by atoms with van der Waals surface area (Å²) in [6, 6.07) is 22.4. The highest BCUT2D eigenvalue weighted by atomic mass is 19.4. The van der Waals surface area contributed by atoms with Gasteiger partial charge in [-0.2, -0.15) is 0 Å². The molecular formula is C23H13F5O. The zero-order chi connectivity index (χ0) is 20.6. The van der Waals surface area contributed by atoms with Gasteiger partial charge < -0.3 is 4.74 Å². The van der Waals surface area contributed by atoms with Crippen LogP contribution in [-0.4, -0.2) is 6.36 Å². The first-order valence-electron chi connectivity index (χ1n) is 8.66. The highest BCUT2D eigenvalue weighted by Gasteiger charge is 2.34. The molecule has 4 aromatic carbocycles. The van der Waals surface area contributed by atoms with Crippen LogP contribution in [0.4, 0.5) is 22.0 Å². The summed E-state index contributed by atoms with van der Waals surface area (Å²) in [5.74, 6) is -4.26. The Labute approximate surface area is 163 Å². The number of hydrogen-bond donors (Lipinski definition) is 0. The smallest absolute Gasteiger partial charge is 0.399 e. The first kappa shape index (κ1) is 18.9. The van der Waals surface area contributed by atoms with Crippen LogP contribution in [0.1, 0.15) is 0 Å². The van der Waals surface area contributed by atoms with Gasteiger partial charge in [-0.25, -0.2) is 8.78 Å². The molecule has 0 radical (unpaired) electrons. The van der Waals surface area contributed by atoms with Gasteiger partial charge >= 0.3 is 6.36 Å². The second-order valence-corrected chi connectivity index (χ2v) is 6.40. The molecule has 0 spiro atoms. The Morgan fingerprint density at radius 2 is 1.28 bits per heavy atom. The molecule has 0 N–H and O–H groups in total. The fourth-order valence-corrected chi connectivity index (χ4v) is 3.29. The molecule has 0 atom stereocenters. The lowest BCUT2D eigenvalue weighted by atomic mass is 9.93. The Bertz CT molecular complexity index is 1180. The first-order chi connectivity index (χ1) is 13.8. The van der Waals surface area contributed by atoms with E-state index in [1.807, 2.05) is 54.6 Å². The van der Waals surface area contributed by atoms with E-state index in [0.29, 0.717) is 5.56 Å². The molecule has 0 aliphatic heterocycles. The fourth-order valence-electron chi connectivity index (χ4n) is 3.29. The minimum atomic E-state index is -5.19. The van der Waals surface area contributed by atoms with Crippen LogP contribution >= 0.6 is 0 Å². The summed E-state index contributed by atoms with van der Waals surface area (Å²) in [6.45, 7) is 0. The third-order valence-electron chi connectivity index (χ3n) is 4.53. The second kappa shape index (κ2) is 7.20. The molecule has 0 amide bonds. The number of benzene rings is 4. The number of alkyl halides is 3. The lowest BCUT2D eigenvalue weighted by Gasteiger charge is -2.14. The maximum Gasteiger partial charge on any atom is 0.573 e. The number of ether oxygens (including phenoxy) is 1. The first-order valence-corrected chi connectivity index (χ1v) is 8.66. The molecule has 0 heterocycles. The molecule has 1 nitrogen and oxygen atoms in total. The average molecular weight is 400 g/mol. The zero-order valence-electron chi connectivity index (χ0n) is 14.8. The quantitative estimate of drug-likeness (QED) is 0.327. The third kappa shape index (κ3) is 3.78. The summed E-state index contributed by atoms with van der Waals surface area (Å²) in [7, 11) is 0. The summed E-state index contributed by atoms with van der Waals surface area (Å²) < 4.78 is 69.4. The van der Waals surface area contributed by atoms with Crippen LogP contribution < -0.4 is 4.74 Å². The molecule has 0 saturated heterocycles. The summed E-state index contributed by atoms with van der Waals surface area (Å²) in [5, 5.41) is -0.0264. The monoisotopic (exact) mass is 400 g/mol. The predicted molar refractivity (Wildman–Crippen MR) is 101 cm³/mol. The molecule has 4 aromatic rings. The van der Waals surface area contributed by atoms with Gasteiger partial charge in [0.25, 0.3) is 0 Å². The third-order valence-corrected chi connectivity index (χ3v) is 4.53. The van der Waals surface area contributed by atoms with E-state index in [1.165, 1.54) is 6.07 Å². The topological polar surface area (TPSA) is 9.23 Å². The standard InChI is InChI=1S/C23H13F5O/c24-20-13-16-12-15(10-11-19(16)21(25)22(20)29-23(26,27)28)18-9-5-4-8-17(18)14-6-2-1-3-7-14/h1-13H. The zero-order valence-corrected chi connectivity index (χ0v) is 14.8. The fraction of sp³-hybridized carbons (Fsp3) is 0.0435. The SMILES string of the molecule is Fc1cc2cc(-c3ccccc3-c3ccccc3)ccc2c(F)c1OC(F)(F)F. The summed E-state index contributed by atoms with van der Waals surface area (Å²) in [6.07, 6.45) is -5.19. The lowest BCUT2D eigenvalue weighted by Crippen LogP contribution is -2.19. The van der Waals surface area contributed by atoms with Crippen molar-refractivity contribution in [3.05, 3.63) is 90.5 Å². The molecule has 4 rings (SSSR count). The van der Waals surface area contributed by atoms with E-state index in [9.17, 15) is 22.0 Å². The van der Waals surface area contributed by atoms with Crippen LogP contribution in [0.5, 0.6) is 5.75 Å². The van der Waals surface area contributed by atoms with Crippen LogP contribution in [0.15, 0.2) is 78.9 Å². The van der Waals surface area contributed by atoms with E-state index < -0.39 is 23.7 Å². The molecule has 0 bridgehead atoms. The van der Waals surface area contributed by atoms with Gasteiger partial charge in [-0.15, -0.1) is 13.2 Å². The molecule has 146 valence electrons. The summed E-state index contributed by atoms with van der Waals surface area (Å²) in [4.78, 5) is 0. The van der Waals surface area contributed by atoms with Gasteiger partial charge in [0.1, 0.15) is 0 Å². The highest BCUT2D eigenvalue weighted by Crippen LogP contribution is 2.37. The van der Waals surface area contributed by atoms with Crippen molar-refractivity contribution in [1.82, 2.24) is 0 Å². The minimum absolute atomic E-state index is 0.134. The maximum atomic E-state index is 14.5. The highest BCUT2D eigenvalue weighted by molar-refractivity contribution is 5.92. The van der Waals surface area contributed by atoms with Crippen molar-refractivity contribution in [3.8, 4) is 28.0 Å². The summed E-state index contributed by atoms with van der Waals surface area (Å²) in [5.41, 5.74) is 3.40. The van der Waals surface area contributed by atoms with Gasteiger partial charge in [-0.1, -0.05) is 66.7 Å². The second-order valence-electron chi connectivity index (χ2n) is 6.40. The van der Waals surface area contributed by atoms with E-state index in [1.54, 1.807) is 12.1 Å². The maximum absolute atomic E-state index is 14.5. The van der Waals surface area contributed by atoms with E-state index in [2.05, 4.69) is 4.74 Å². The van der Waals surface area contributed by atoms with Gasteiger partial charge in [0.2, 0.25) is 5.75 Å². The van der Waals surface area contributed by atoms with Gasteiger partial charge in [-0.3, -0.25) is 0 Å². The van der Waals surface area contributed by atoms with Gasteiger partial charge in [-0.05, 0) is 39.8 Å². The van der Waals surface area contributed by atoms with Crippen molar-refractivity contribution in [3.63, 3.8) is 0 Å². The van der Waals surface area contributed by atoms with Crippen molar-refractivity contribution in [2.75, 3.05) is 0 Å². The molecule has 0 unspecified atom stereocenters. The molecular weight excluding hydrogens is 387 g/mol. The Morgan fingerprint density at radius 1 is 0.655 bits per heavy atom. The molecule has 0 aliphatic rings. The Kier molecular flexibility index (Phi) is 4.70. The van der Waals surface area contributed by atoms with Crippen molar-refractivity contribution < 1.29 is 26.7 Å². The van der Waals surface area contributed by atoms with Gasteiger partial charge in [0, 0.05) is 5.39 Å². The average Bonchev–Trinajstić information content (AvgIpc) is 2.71. The normalized spacial score (nSPS) is 11.6. The van der Waals surface area contributed by atoms with Crippen LogP contribution in [0.25, 0.3) is 33.0 Å². The van der Waals surface area contributed by atoms with E-state index in [4.69, 9.17) is 0 Å². The molecule has 0 saturated carbocycles. The van der Waals surface area contributed by atoms with Crippen molar-refractivity contribution >= 4 is 10.8 Å². The molecule has 29 heavy (non-hydrogen) atoms. The van der Waals surface area contributed by atoms with E-state index in [0.717, 1.165) is 22.8 Å². The van der Waals surface area contributed by atoms with Gasteiger partial charge in [0.05, 0.1) is 0 Å². The molecule has 0 aromatic heterocycles. The predicted octanol–water partition coefficient (Wildman–Crippen LogP) is 7.35. The molecule has 0 aliphatic carbocycles. The molecule has 0 fully saturated rings. The lowest BCUT2D eigenvalue weighted by molar-refractivity contribution is -0.276. The van der Waals surface area contributed by atoms with Crippen molar-refractivity contribution in [1.29, 1.82) is 0 Å². The Balaban J connectivity index is 1.85.